The smallest absolute Gasteiger partial charge is 0.261 e. The first-order chi connectivity index (χ1) is 14.7. The van der Waals surface area contributed by atoms with E-state index in [2.05, 4.69) is 5.32 Å². The lowest BCUT2D eigenvalue weighted by molar-refractivity contribution is -0.143. The monoisotopic (exact) mass is 444 g/mol. The summed E-state index contributed by atoms with van der Waals surface area (Å²) in [6.07, 6.45) is 1.30. The van der Waals surface area contributed by atoms with Gasteiger partial charge in [-0.05, 0) is 68.5 Å². The van der Waals surface area contributed by atoms with Crippen LogP contribution >= 0.6 is 11.6 Å². The molecule has 31 heavy (non-hydrogen) atoms. The van der Waals surface area contributed by atoms with Gasteiger partial charge >= 0.3 is 0 Å². The fourth-order valence-corrected chi connectivity index (χ4v) is 3.61. The van der Waals surface area contributed by atoms with Gasteiger partial charge in [-0.1, -0.05) is 49.7 Å². The van der Waals surface area contributed by atoms with Crippen molar-refractivity contribution in [1.82, 2.24) is 10.2 Å². The van der Waals surface area contributed by atoms with Crippen LogP contribution in [-0.4, -0.2) is 35.4 Å². The molecule has 0 fully saturated rings. The van der Waals surface area contributed by atoms with Gasteiger partial charge < -0.3 is 15.0 Å². The maximum atomic E-state index is 13.2. The first kappa shape index (κ1) is 24.7. The van der Waals surface area contributed by atoms with E-state index in [1.165, 1.54) is 0 Å². The van der Waals surface area contributed by atoms with Crippen molar-refractivity contribution in [2.24, 2.45) is 0 Å². The van der Waals surface area contributed by atoms with Crippen LogP contribution in [-0.2, 0) is 16.1 Å². The number of hydrogen-bond donors (Lipinski definition) is 1. The number of hydrogen-bond acceptors (Lipinski definition) is 3. The van der Waals surface area contributed by atoms with E-state index in [4.69, 9.17) is 16.3 Å². The van der Waals surface area contributed by atoms with Crippen molar-refractivity contribution in [3.8, 4) is 5.75 Å². The highest BCUT2D eigenvalue weighted by atomic mass is 35.5. The Balaban J connectivity index is 2.25. The zero-order valence-corrected chi connectivity index (χ0v) is 19.8. The number of halogens is 1. The minimum Gasteiger partial charge on any atom is -0.484 e. The summed E-state index contributed by atoms with van der Waals surface area (Å²) < 4.78 is 5.80. The number of nitrogens with zero attached hydrogens (tertiary/aromatic N) is 1. The number of carbonyl (C=O) groups is 2. The Kier molecular flexibility index (Phi) is 9.38. The molecule has 0 saturated carbocycles. The molecule has 0 heterocycles. The first-order valence-electron chi connectivity index (χ1n) is 10.8. The Labute approximate surface area is 190 Å². The summed E-state index contributed by atoms with van der Waals surface area (Å²) in [7, 11) is 0. The van der Waals surface area contributed by atoms with Gasteiger partial charge in [0.1, 0.15) is 11.8 Å². The lowest BCUT2D eigenvalue weighted by Gasteiger charge is -2.31. The van der Waals surface area contributed by atoms with E-state index in [1.54, 1.807) is 11.0 Å². The van der Waals surface area contributed by atoms with Crippen molar-refractivity contribution in [1.29, 1.82) is 0 Å². The van der Waals surface area contributed by atoms with Crippen molar-refractivity contribution in [2.45, 2.75) is 66.1 Å². The zero-order chi connectivity index (χ0) is 23.0. The Hall–Kier alpha value is -2.53. The van der Waals surface area contributed by atoms with E-state index in [1.807, 2.05) is 71.0 Å². The van der Waals surface area contributed by atoms with Crippen LogP contribution in [0, 0.1) is 13.8 Å². The number of nitrogens with one attached hydrogen (secondary N) is 1. The predicted molar refractivity (Wildman–Crippen MR) is 125 cm³/mol. The van der Waals surface area contributed by atoms with Crippen LogP contribution in [0.2, 0.25) is 5.02 Å². The van der Waals surface area contributed by atoms with E-state index in [0.717, 1.165) is 23.1 Å². The molecule has 6 heteroatoms. The fourth-order valence-electron chi connectivity index (χ4n) is 3.41. The highest BCUT2D eigenvalue weighted by molar-refractivity contribution is 6.31. The van der Waals surface area contributed by atoms with Crippen LogP contribution in [0.1, 0.15) is 50.3 Å². The molecule has 0 aliphatic carbocycles. The third-order valence-corrected chi connectivity index (χ3v) is 5.61. The van der Waals surface area contributed by atoms with Gasteiger partial charge in [0.05, 0.1) is 0 Å². The SMILES string of the molecule is CC[C@@H](C)NC(=O)[C@@H](CC)N(Cc1ccccc1Cl)C(=O)COc1cc(C)cc(C)c1. The maximum absolute atomic E-state index is 13.2. The molecule has 5 nitrogen and oxygen atoms in total. The summed E-state index contributed by atoms with van der Waals surface area (Å²) in [6.45, 7) is 9.92. The van der Waals surface area contributed by atoms with Crippen LogP contribution in [0.4, 0.5) is 0 Å². The molecule has 0 unspecified atom stereocenters. The normalized spacial score (nSPS) is 12.7. The van der Waals surface area contributed by atoms with Crippen LogP contribution in [0.25, 0.3) is 0 Å². The van der Waals surface area contributed by atoms with Crippen LogP contribution in [0.5, 0.6) is 5.75 Å². The molecule has 2 aromatic rings. The minimum absolute atomic E-state index is 0.0327. The van der Waals surface area contributed by atoms with Gasteiger partial charge in [0.25, 0.3) is 5.91 Å². The predicted octanol–water partition coefficient (Wildman–Crippen LogP) is 5.06. The number of rotatable bonds is 10. The fraction of sp³-hybridized carbons (Fsp3) is 0.440. The molecule has 0 aliphatic rings. The topological polar surface area (TPSA) is 58.6 Å². The van der Waals surface area contributed by atoms with Crippen molar-refractivity contribution in [3.05, 3.63) is 64.2 Å². The summed E-state index contributed by atoms with van der Waals surface area (Å²) in [5.74, 6) is 0.217. The molecule has 0 aliphatic heterocycles. The van der Waals surface area contributed by atoms with Gasteiger partial charge in [0.2, 0.25) is 5.91 Å². The van der Waals surface area contributed by atoms with E-state index in [-0.39, 0.29) is 31.0 Å². The second kappa shape index (κ2) is 11.8. The van der Waals surface area contributed by atoms with E-state index >= 15 is 0 Å². The molecule has 1 N–H and O–H groups in total. The Morgan fingerprint density at radius 2 is 1.71 bits per heavy atom. The molecular weight excluding hydrogens is 412 g/mol. The lowest BCUT2D eigenvalue weighted by atomic mass is 10.1. The second-order valence-electron chi connectivity index (χ2n) is 7.97. The van der Waals surface area contributed by atoms with Crippen molar-refractivity contribution in [2.75, 3.05) is 6.61 Å². The number of ether oxygens (including phenoxy) is 1. The molecule has 2 rings (SSSR count). The summed E-state index contributed by atoms with van der Waals surface area (Å²) >= 11 is 6.35. The Bertz CT molecular complexity index is 880. The van der Waals surface area contributed by atoms with Crippen molar-refractivity contribution < 1.29 is 14.3 Å². The standard InChI is InChI=1S/C25H33ClN2O3/c1-6-19(5)27-25(30)23(7-2)28(15-20-10-8-9-11-22(20)26)24(29)16-31-21-13-17(3)12-18(4)14-21/h8-14,19,23H,6-7,15-16H2,1-5H3,(H,27,30)/t19-,23-/m1/s1. The molecule has 0 spiro atoms. The molecular formula is C25H33ClN2O3. The Morgan fingerprint density at radius 3 is 2.29 bits per heavy atom. The molecule has 168 valence electrons. The third-order valence-electron chi connectivity index (χ3n) is 5.24. The molecule has 2 aromatic carbocycles. The molecule has 0 radical (unpaired) electrons. The third kappa shape index (κ3) is 7.28. The molecule has 2 atom stereocenters. The number of benzene rings is 2. The first-order valence-corrected chi connectivity index (χ1v) is 11.2. The Morgan fingerprint density at radius 1 is 1.06 bits per heavy atom. The number of aryl methyl sites for hydroxylation is 2. The van der Waals surface area contributed by atoms with Gasteiger partial charge in [-0.25, -0.2) is 0 Å². The van der Waals surface area contributed by atoms with Crippen molar-refractivity contribution >= 4 is 23.4 Å². The average Bonchev–Trinajstić information content (AvgIpc) is 2.72. The van der Waals surface area contributed by atoms with Crippen molar-refractivity contribution in [3.63, 3.8) is 0 Å². The second-order valence-corrected chi connectivity index (χ2v) is 8.37. The summed E-state index contributed by atoms with van der Waals surface area (Å²) in [6, 6.07) is 12.6. The average molecular weight is 445 g/mol. The van der Waals surface area contributed by atoms with Gasteiger partial charge in [-0.2, -0.15) is 0 Å². The highest BCUT2D eigenvalue weighted by Crippen LogP contribution is 2.21. The van der Waals surface area contributed by atoms with E-state index in [0.29, 0.717) is 17.2 Å². The van der Waals surface area contributed by atoms with Crippen LogP contribution < -0.4 is 10.1 Å². The van der Waals surface area contributed by atoms with Crippen LogP contribution in [0.3, 0.4) is 0 Å². The maximum Gasteiger partial charge on any atom is 0.261 e. The largest absolute Gasteiger partial charge is 0.484 e. The summed E-state index contributed by atoms with van der Waals surface area (Å²) in [4.78, 5) is 27.8. The molecule has 2 amide bonds. The lowest BCUT2D eigenvalue weighted by Crippen LogP contribution is -2.51. The van der Waals surface area contributed by atoms with Gasteiger partial charge in [0, 0.05) is 17.6 Å². The molecule has 0 bridgehead atoms. The van der Waals surface area contributed by atoms with E-state index < -0.39 is 6.04 Å². The minimum atomic E-state index is -0.611. The summed E-state index contributed by atoms with van der Waals surface area (Å²) in [5.41, 5.74) is 2.92. The van der Waals surface area contributed by atoms with E-state index in [9.17, 15) is 9.59 Å². The van der Waals surface area contributed by atoms with Gasteiger partial charge in [-0.3, -0.25) is 9.59 Å². The number of amides is 2. The quantitative estimate of drug-likeness (QED) is 0.557. The zero-order valence-electron chi connectivity index (χ0n) is 19.1. The summed E-state index contributed by atoms with van der Waals surface area (Å²) in [5, 5.41) is 3.56. The molecule has 0 aromatic heterocycles. The highest BCUT2D eigenvalue weighted by Gasteiger charge is 2.30. The number of carbonyl (C=O) groups excluding carboxylic acids is 2. The van der Waals surface area contributed by atoms with Gasteiger partial charge in [0.15, 0.2) is 6.61 Å². The van der Waals surface area contributed by atoms with Crippen LogP contribution in [0.15, 0.2) is 42.5 Å². The molecule has 0 saturated heterocycles. The van der Waals surface area contributed by atoms with Gasteiger partial charge in [-0.15, -0.1) is 0 Å².